The van der Waals surface area contributed by atoms with Gasteiger partial charge < -0.3 is 9.72 Å². The van der Waals surface area contributed by atoms with Crippen LogP contribution in [0.25, 0.3) is 33.1 Å². The van der Waals surface area contributed by atoms with E-state index in [1.807, 2.05) is 60.7 Å². The van der Waals surface area contributed by atoms with Crippen LogP contribution in [-0.2, 0) is 11.2 Å². The molecule has 3 aromatic carbocycles. The molecule has 5 rings (SSSR count). The van der Waals surface area contributed by atoms with Gasteiger partial charge in [-0.15, -0.1) is 0 Å². The number of H-pyrrole nitrogens is 1. The van der Waals surface area contributed by atoms with Crippen molar-refractivity contribution < 1.29 is 9.53 Å². The fourth-order valence-electron chi connectivity index (χ4n) is 3.23. The second-order valence-electron chi connectivity index (χ2n) is 6.38. The van der Waals surface area contributed by atoms with Crippen molar-refractivity contribution in [1.29, 1.82) is 0 Å². The van der Waals surface area contributed by atoms with E-state index in [-0.39, 0.29) is 12.4 Å². The molecule has 0 bridgehead atoms. The lowest BCUT2D eigenvalue weighted by molar-refractivity contribution is -0.133. The summed E-state index contributed by atoms with van der Waals surface area (Å²) in [6, 6.07) is 22.8. The predicted molar refractivity (Wildman–Crippen MR) is 105 cm³/mol. The lowest BCUT2D eigenvalue weighted by Gasteiger charge is -2.05. The number of fused-ring (bicyclic) bond motifs is 4. The van der Waals surface area contributed by atoms with E-state index in [0.717, 1.165) is 33.1 Å². The van der Waals surface area contributed by atoms with Crippen molar-refractivity contribution >= 4 is 39.1 Å². The highest BCUT2D eigenvalue weighted by atomic mass is 16.5. The number of rotatable bonds is 3. The minimum atomic E-state index is -0.304. The van der Waals surface area contributed by atoms with Gasteiger partial charge in [-0.2, -0.15) is 0 Å². The highest BCUT2D eigenvalue weighted by molar-refractivity contribution is 6.05. The smallest absolute Gasteiger partial charge is 0.315 e. The Bertz CT molecular complexity index is 1290. The largest absolute Gasteiger partial charge is 0.426 e. The van der Waals surface area contributed by atoms with Crippen molar-refractivity contribution in [3.05, 3.63) is 78.4 Å². The molecule has 2 aromatic heterocycles. The summed E-state index contributed by atoms with van der Waals surface area (Å²) in [5, 5.41) is 1.02. The number of ether oxygens (including phenoxy) is 1. The number of aromatic amines is 1. The lowest BCUT2D eigenvalue weighted by atomic mass is 10.1. The van der Waals surface area contributed by atoms with E-state index in [9.17, 15) is 4.79 Å². The third-order valence-electron chi connectivity index (χ3n) is 4.49. The molecule has 1 N–H and O–H groups in total. The summed E-state index contributed by atoms with van der Waals surface area (Å²) in [5.41, 5.74) is 4.92. The summed E-state index contributed by atoms with van der Waals surface area (Å²) in [6.45, 7) is 0. The molecular weight excluding hydrogens is 338 g/mol. The number of hydrogen-bond donors (Lipinski definition) is 1. The Balaban J connectivity index is 1.49. The van der Waals surface area contributed by atoms with Crippen LogP contribution in [0, 0.1) is 0 Å². The molecule has 0 saturated heterocycles. The minimum absolute atomic E-state index is 0.228. The van der Waals surface area contributed by atoms with Crippen molar-refractivity contribution in [1.82, 2.24) is 15.0 Å². The van der Waals surface area contributed by atoms with Gasteiger partial charge in [0.25, 0.3) is 0 Å². The van der Waals surface area contributed by atoms with Crippen molar-refractivity contribution in [3.8, 4) is 5.75 Å². The van der Waals surface area contributed by atoms with Crippen LogP contribution in [0.3, 0.4) is 0 Å². The van der Waals surface area contributed by atoms with Crippen LogP contribution in [0.5, 0.6) is 5.75 Å². The van der Waals surface area contributed by atoms with Crippen LogP contribution in [0.15, 0.2) is 72.8 Å². The van der Waals surface area contributed by atoms with E-state index in [0.29, 0.717) is 11.3 Å². The third-order valence-corrected chi connectivity index (χ3v) is 4.49. The summed E-state index contributed by atoms with van der Waals surface area (Å²) >= 11 is 0. The number of aromatic nitrogens is 3. The van der Waals surface area contributed by atoms with Gasteiger partial charge in [0.15, 0.2) is 5.65 Å². The van der Waals surface area contributed by atoms with Gasteiger partial charge >= 0.3 is 5.97 Å². The molecule has 5 heteroatoms. The molecule has 0 radical (unpaired) electrons. The molecular formula is C22H15N3O2. The predicted octanol–water partition coefficient (Wildman–Crippen LogP) is 4.41. The van der Waals surface area contributed by atoms with Crippen LogP contribution < -0.4 is 4.74 Å². The Kier molecular flexibility index (Phi) is 3.57. The molecule has 0 aliphatic rings. The first-order valence-corrected chi connectivity index (χ1v) is 8.69. The number of esters is 1. The molecule has 0 aliphatic heterocycles. The Morgan fingerprint density at radius 3 is 2.59 bits per heavy atom. The minimum Gasteiger partial charge on any atom is -0.426 e. The summed E-state index contributed by atoms with van der Waals surface area (Å²) in [6.07, 6.45) is 0.228. The van der Waals surface area contributed by atoms with Gasteiger partial charge in [0.05, 0.1) is 17.5 Å². The van der Waals surface area contributed by atoms with Crippen molar-refractivity contribution in [2.45, 2.75) is 6.42 Å². The van der Waals surface area contributed by atoms with Crippen LogP contribution in [0.1, 0.15) is 5.56 Å². The first kappa shape index (κ1) is 15.5. The zero-order valence-electron chi connectivity index (χ0n) is 14.3. The number of benzene rings is 3. The van der Waals surface area contributed by atoms with E-state index in [1.165, 1.54) is 0 Å². The maximum Gasteiger partial charge on any atom is 0.315 e. The van der Waals surface area contributed by atoms with Gasteiger partial charge in [-0.1, -0.05) is 48.5 Å². The van der Waals surface area contributed by atoms with E-state index in [1.54, 1.807) is 12.1 Å². The van der Waals surface area contributed by atoms with Crippen LogP contribution in [-0.4, -0.2) is 20.9 Å². The fraction of sp³-hybridized carbons (Fsp3) is 0.0455. The van der Waals surface area contributed by atoms with Crippen molar-refractivity contribution in [3.63, 3.8) is 0 Å². The number of para-hydroxylation sites is 1. The molecule has 0 amide bonds. The van der Waals surface area contributed by atoms with E-state index >= 15 is 0 Å². The Morgan fingerprint density at radius 2 is 1.70 bits per heavy atom. The lowest BCUT2D eigenvalue weighted by Crippen LogP contribution is -2.11. The summed E-state index contributed by atoms with van der Waals surface area (Å²) in [4.78, 5) is 24.9. The summed E-state index contributed by atoms with van der Waals surface area (Å²) in [5.74, 6) is 0.165. The molecule has 5 nitrogen and oxygen atoms in total. The molecule has 0 saturated carbocycles. The third kappa shape index (κ3) is 2.89. The summed E-state index contributed by atoms with van der Waals surface area (Å²) in [7, 11) is 0. The number of nitrogens with zero attached hydrogens (tertiary/aromatic N) is 2. The average molecular weight is 353 g/mol. The number of nitrogens with one attached hydrogen (secondary N) is 1. The Labute approximate surface area is 154 Å². The normalized spacial score (nSPS) is 11.3. The molecule has 2 heterocycles. The van der Waals surface area contributed by atoms with Gasteiger partial charge in [-0.25, -0.2) is 9.97 Å². The molecule has 0 fully saturated rings. The maximum absolute atomic E-state index is 12.2. The zero-order valence-corrected chi connectivity index (χ0v) is 14.3. The van der Waals surface area contributed by atoms with E-state index in [4.69, 9.17) is 9.72 Å². The monoisotopic (exact) mass is 353 g/mol. The zero-order chi connectivity index (χ0) is 18.2. The molecule has 0 aliphatic carbocycles. The topological polar surface area (TPSA) is 67.9 Å². The van der Waals surface area contributed by atoms with Crippen molar-refractivity contribution in [2.75, 3.05) is 0 Å². The van der Waals surface area contributed by atoms with Crippen LogP contribution in [0.4, 0.5) is 0 Å². The first-order valence-electron chi connectivity index (χ1n) is 8.69. The molecule has 5 aromatic rings. The number of carbonyl (C=O) groups is 1. The molecule has 130 valence electrons. The van der Waals surface area contributed by atoms with E-state index < -0.39 is 0 Å². The SMILES string of the molecule is O=C(Cc1ccccc1)Oc1ccc2nc3[nH]c4ccccc4c3nc2c1. The Morgan fingerprint density at radius 1 is 0.889 bits per heavy atom. The van der Waals surface area contributed by atoms with E-state index in [2.05, 4.69) is 9.97 Å². The highest BCUT2D eigenvalue weighted by Crippen LogP contribution is 2.26. The van der Waals surface area contributed by atoms with Crippen LogP contribution >= 0.6 is 0 Å². The standard InChI is InChI=1S/C22H15N3O2/c26-20(12-14-6-2-1-3-7-14)27-15-10-11-18-19(13-15)23-21-16-8-4-5-9-17(16)24-22(21)25-18/h1-11,13H,12H2,(H,24,25). The second-order valence-corrected chi connectivity index (χ2v) is 6.38. The average Bonchev–Trinajstić information content (AvgIpc) is 3.04. The second kappa shape index (κ2) is 6.21. The van der Waals surface area contributed by atoms with Crippen molar-refractivity contribution in [2.24, 2.45) is 0 Å². The molecule has 0 spiro atoms. The van der Waals surface area contributed by atoms with Gasteiger partial charge in [0, 0.05) is 17.0 Å². The highest BCUT2D eigenvalue weighted by Gasteiger charge is 2.11. The number of hydrogen-bond acceptors (Lipinski definition) is 4. The Hall–Kier alpha value is -3.73. The molecule has 0 atom stereocenters. The quantitative estimate of drug-likeness (QED) is 0.385. The van der Waals surface area contributed by atoms with Gasteiger partial charge in [-0.05, 0) is 23.8 Å². The maximum atomic E-state index is 12.2. The molecule has 27 heavy (non-hydrogen) atoms. The fourth-order valence-corrected chi connectivity index (χ4v) is 3.23. The van der Waals surface area contributed by atoms with Gasteiger partial charge in [0.1, 0.15) is 11.3 Å². The van der Waals surface area contributed by atoms with Gasteiger partial charge in [-0.3, -0.25) is 4.79 Å². The van der Waals surface area contributed by atoms with Gasteiger partial charge in [0.2, 0.25) is 0 Å². The van der Waals surface area contributed by atoms with Crippen LogP contribution in [0.2, 0.25) is 0 Å². The first-order chi connectivity index (χ1) is 13.3. The summed E-state index contributed by atoms with van der Waals surface area (Å²) < 4.78 is 5.49. The molecule has 0 unspecified atom stereocenters. The number of carbonyl (C=O) groups excluding carboxylic acids is 1.